The lowest BCUT2D eigenvalue weighted by molar-refractivity contribution is -0.142. The molecule has 5 rings (SSSR count). The smallest absolute Gasteiger partial charge is 0.390 e. The zero-order chi connectivity index (χ0) is 33.9. The Morgan fingerprint density at radius 1 is 1.09 bits per heavy atom. The van der Waals surface area contributed by atoms with Crippen LogP contribution >= 0.6 is 11.6 Å². The predicted molar refractivity (Wildman–Crippen MR) is 167 cm³/mol. The fraction of sp³-hybridized carbons (Fsp3) is 0.516. The minimum Gasteiger partial charge on any atom is -0.390 e. The Balaban J connectivity index is 1.17. The van der Waals surface area contributed by atoms with Gasteiger partial charge in [0, 0.05) is 74.4 Å². The zero-order valence-corrected chi connectivity index (χ0v) is 26.9. The van der Waals surface area contributed by atoms with Crippen molar-refractivity contribution in [3.8, 4) is 0 Å². The van der Waals surface area contributed by atoms with Crippen LogP contribution in [0.2, 0.25) is 5.02 Å². The summed E-state index contributed by atoms with van der Waals surface area (Å²) in [5.74, 6) is -0.902. The maximum atomic E-state index is 13.7. The van der Waals surface area contributed by atoms with E-state index in [4.69, 9.17) is 11.6 Å². The van der Waals surface area contributed by atoms with E-state index >= 15 is 0 Å². The van der Waals surface area contributed by atoms with Gasteiger partial charge in [0.15, 0.2) is 11.5 Å². The number of imidazole rings is 1. The van der Waals surface area contributed by atoms with Crippen LogP contribution in [0.25, 0.3) is 0 Å². The van der Waals surface area contributed by atoms with Crippen LogP contribution in [-0.2, 0) is 23.9 Å². The number of aliphatic hydroxyl groups is 1. The van der Waals surface area contributed by atoms with Crippen molar-refractivity contribution in [1.29, 1.82) is 0 Å². The molecule has 0 unspecified atom stereocenters. The number of piperazine rings is 1. The lowest BCUT2D eigenvalue weighted by Crippen LogP contribution is -2.52. The molecule has 4 N–H and O–H groups in total. The number of nitrogens with zero attached hydrogens (tertiary/aromatic N) is 5. The molecule has 0 spiro atoms. The van der Waals surface area contributed by atoms with Crippen LogP contribution in [0.1, 0.15) is 71.0 Å². The summed E-state index contributed by atoms with van der Waals surface area (Å²) in [7, 11) is 0. The van der Waals surface area contributed by atoms with Crippen LogP contribution in [0.5, 0.6) is 0 Å². The lowest BCUT2D eigenvalue weighted by Gasteiger charge is -2.37. The number of anilines is 1. The summed E-state index contributed by atoms with van der Waals surface area (Å²) in [5.41, 5.74) is -1.41. The van der Waals surface area contributed by atoms with Gasteiger partial charge in [-0.3, -0.25) is 19.1 Å². The summed E-state index contributed by atoms with van der Waals surface area (Å²) in [5, 5.41) is 19.6. The molecule has 0 aliphatic carbocycles. The molecule has 16 heteroatoms. The zero-order valence-electron chi connectivity index (χ0n) is 26.2. The summed E-state index contributed by atoms with van der Waals surface area (Å²) >= 11 is 6.44. The fourth-order valence-electron chi connectivity index (χ4n) is 5.69. The maximum Gasteiger partial charge on any atom is 0.435 e. The van der Waals surface area contributed by atoms with E-state index in [0.717, 1.165) is 30.6 Å². The van der Waals surface area contributed by atoms with E-state index in [2.05, 4.69) is 25.7 Å². The second kappa shape index (κ2) is 14.0. The molecule has 47 heavy (non-hydrogen) atoms. The number of aromatic nitrogens is 4. The van der Waals surface area contributed by atoms with Crippen LogP contribution < -0.4 is 10.6 Å². The van der Waals surface area contributed by atoms with Gasteiger partial charge in [0.05, 0.1) is 16.2 Å². The minimum absolute atomic E-state index is 0.0200. The van der Waals surface area contributed by atoms with Crippen molar-refractivity contribution in [3.63, 3.8) is 0 Å². The first kappa shape index (κ1) is 34.4. The van der Waals surface area contributed by atoms with Gasteiger partial charge in [-0.05, 0) is 64.4 Å². The van der Waals surface area contributed by atoms with Gasteiger partial charge in [-0.25, -0.2) is 4.98 Å². The molecule has 2 aliphatic rings. The van der Waals surface area contributed by atoms with Crippen LogP contribution in [0, 0.1) is 5.92 Å². The Hall–Kier alpha value is -3.95. The van der Waals surface area contributed by atoms with Crippen LogP contribution in [0.15, 0.2) is 30.6 Å². The molecule has 12 nitrogen and oxygen atoms in total. The van der Waals surface area contributed by atoms with Crippen molar-refractivity contribution in [2.45, 2.75) is 57.9 Å². The summed E-state index contributed by atoms with van der Waals surface area (Å²) in [6.45, 7) is 6.55. The third-order valence-corrected chi connectivity index (χ3v) is 8.62. The van der Waals surface area contributed by atoms with Gasteiger partial charge < -0.3 is 30.5 Å². The average Bonchev–Trinajstić information content (AvgIpc) is 3.67. The van der Waals surface area contributed by atoms with E-state index in [1.54, 1.807) is 18.7 Å². The highest BCUT2D eigenvalue weighted by Crippen LogP contribution is 2.32. The van der Waals surface area contributed by atoms with E-state index in [-0.39, 0.29) is 64.8 Å². The van der Waals surface area contributed by atoms with Crippen molar-refractivity contribution in [2.24, 2.45) is 5.92 Å². The molecular weight excluding hydrogens is 641 g/mol. The molecule has 0 bridgehead atoms. The molecule has 3 aromatic rings. The van der Waals surface area contributed by atoms with Crippen molar-refractivity contribution < 1.29 is 32.7 Å². The van der Waals surface area contributed by atoms with Gasteiger partial charge in [-0.1, -0.05) is 11.6 Å². The Bertz CT molecular complexity index is 1600. The molecule has 0 saturated carbocycles. The molecular formula is C31H38ClF3N8O4. The summed E-state index contributed by atoms with van der Waals surface area (Å²) in [4.78, 5) is 49.2. The fourth-order valence-corrected chi connectivity index (χ4v) is 5.95. The molecule has 0 atom stereocenters. The Labute approximate surface area is 274 Å². The van der Waals surface area contributed by atoms with Crippen molar-refractivity contribution in [2.75, 3.05) is 44.6 Å². The number of aryl methyl sites for hydroxylation is 1. The number of piperidine rings is 1. The topological polar surface area (TPSA) is 148 Å². The normalized spacial score (nSPS) is 16.4. The van der Waals surface area contributed by atoms with E-state index in [1.165, 1.54) is 30.6 Å². The molecule has 2 aromatic heterocycles. The van der Waals surface area contributed by atoms with Crippen molar-refractivity contribution in [1.82, 2.24) is 34.9 Å². The SMILES string of the molecule is CC(C)(O)CCn1cc(Cc2cnc(C(=O)Nc3ccc(C(=O)N4CCN(C(=O)C5CCNCC5)CC4)c(Cl)c3)[nH]2)c(C(F)(F)F)n1. The van der Waals surface area contributed by atoms with Crippen LogP contribution in [0.3, 0.4) is 0 Å². The molecule has 2 saturated heterocycles. The Kier molecular flexibility index (Phi) is 10.3. The van der Waals surface area contributed by atoms with Gasteiger partial charge in [0.1, 0.15) is 0 Å². The van der Waals surface area contributed by atoms with Crippen LogP contribution in [-0.4, -0.2) is 97.2 Å². The average molecular weight is 679 g/mol. The number of carbonyl (C=O) groups is 3. The van der Waals surface area contributed by atoms with E-state index in [1.807, 2.05) is 4.90 Å². The highest BCUT2D eigenvalue weighted by Gasteiger charge is 2.37. The number of rotatable bonds is 9. The minimum atomic E-state index is -4.69. The Morgan fingerprint density at radius 3 is 2.40 bits per heavy atom. The molecule has 4 heterocycles. The molecule has 0 radical (unpaired) electrons. The first-order chi connectivity index (χ1) is 22.2. The second-order valence-corrected chi connectivity index (χ2v) is 13.0. The molecule has 1 aromatic carbocycles. The third-order valence-electron chi connectivity index (χ3n) is 8.31. The van der Waals surface area contributed by atoms with Gasteiger partial charge in [-0.2, -0.15) is 18.3 Å². The first-order valence-corrected chi connectivity index (χ1v) is 15.9. The molecule has 2 aliphatic heterocycles. The number of aromatic amines is 1. The number of alkyl halides is 3. The van der Waals surface area contributed by atoms with E-state index in [9.17, 15) is 32.7 Å². The van der Waals surface area contributed by atoms with Crippen LogP contribution in [0.4, 0.5) is 18.9 Å². The monoisotopic (exact) mass is 678 g/mol. The van der Waals surface area contributed by atoms with E-state index < -0.39 is 23.4 Å². The van der Waals surface area contributed by atoms with Crippen molar-refractivity contribution >= 4 is 35.0 Å². The number of amides is 3. The number of carbonyl (C=O) groups excluding carboxylic acids is 3. The number of halogens is 4. The quantitative estimate of drug-likeness (QED) is 0.271. The number of H-pyrrole nitrogens is 1. The van der Waals surface area contributed by atoms with Gasteiger partial charge in [-0.15, -0.1) is 0 Å². The Morgan fingerprint density at radius 2 is 1.77 bits per heavy atom. The number of benzene rings is 1. The van der Waals surface area contributed by atoms with Gasteiger partial charge >= 0.3 is 6.18 Å². The largest absolute Gasteiger partial charge is 0.435 e. The number of hydrogen-bond acceptors (Lipinski definition) is 7. The van der Waals surface area contributed by atoms with E-state index in [0.29, 0.717) is 31.9 Å². The number of nitrogens with one attached hydrogen (secondary N) is 3. The summed E-state index contributed by atoms with van der Waals surface area (Å²) in [6.07, 6.45) is -0.511. The maximum absolute atomic E-state index is 13.7. The highest BCUT2D eigenvalue weighted by atomic mass is 35.5. The summed E-state index contributed by atoms with van der Waals surface area (Å²) < 4.78 is 42.2. The lowest BCUT2D eigenvalue weighted by atomic mass is 9.96. The number of hydrogen-bond donors (Lipinski definition) is 4. The second-order valence-electron chi connectivity index (χ2n) is 12.6. The van der Waals surface area contributed by atoms with Gasteiger partial charge in [0.25, 0.3) is 11.8 Å². The van der Waals surface area contributed by atoms with Gasteiger partial charge in [0.2, 0.25) is 5.91 Å². The third kappa shape index (κ3) is 8.70. The summed E-state index contributed by atoms with van der Waals surface area (Å²) in [6, 6.07) is 4.47. The standard InChI is InChI=1S/C31H38ClF3N8O4/c1-30(2,47)7-10-43-18-20(25(40-43)31(33,34)35)15-22-17-37-26(38-22)27(44)39-21-3-4-23(24(32)16-21)29(46)42-13-11-41(12-14-42)28(45)19-5-8-36-9-6-19/h3-4,16-19,36,47H,5-15H2,1-2H3,(H,37,38)(H,39,44). The van der Waals surface area contributed by atoms with Crippen molar-refractivity contribution in [3.05, 3.63) is 64.0 Å². The predicted octanol–water partition coefficient (Wildman–Crippen LogP) is 3.57. The molecule has 254 valence electrons. The molecule has 2 fully saturated rings. The highest BCUT2D eigenvalue weighted by molar-refractivity contribution is 6.34. The first-order valence-electron chi connectivity index (χ1n) is 15.5. The molecule has 3 amide bonds.